The highest BCUT2D eigenvalue weighted by atomic mass is 35.5. The van der Waals surface area contributed by atoms with Crippen LogP contribution in [0.4, 0.5) is 10.2 Å². The van der Waals surface area contributed by atoms with Crippen LogP contribution in [0.3, 0.4) is 0 Å². The number of carbonyl (C=O) groups is 1. The van der Waals surface area contributed by atoms with Gasteiger partial charge in [-0.2, -0.15) is 0 Å². The lowest BCUT2D eigenvalue weighted by Gasteiger charge is -2.08. The van der Waals surface area contributed by atoms with Crippen LogP contribution in [0.2, 0.25) is 5.02 Å². The van der Waals surface area contributed by atoms with Crippen LogP contribution in [-0.4, -0.2) is 17.9 Å². The van der Waals surface area contributed by atoms with E-state index in [4.69, 9.17) is 11.6 Å². The molecule has 1 amide bonds. The molecule has 0 saturated heterocycles. The molecule has 0 fully saturated rings. The number of hydrogen-bond donors (Lipinski definition) is 2. The number of pyridine rings is 1. The number of anilines is 1. The van der Waals surface area contributed by atoms with Crippen molar-refractivity contribution >= 4 is 23.3 Å². The summed E-state index contributed by atoms with van der Waals surface area (Å²) in [6, 6.07) is 7.81. The summed E-state index contributed by atoms with van der Waals surface area (Å²) in [4.78, 5) is 16.0. The Kier molecular flexibility index (Phi) is 4.53. The van der Waals surface area contributed by atoms with Gasteiger partial charge in [0, 0.05) is 25.4 Å². The number of nitrogens with zero attached hydrogens (tertiary/aromatic N) is 1. The predicted octanol–water partition coefficient (Wildman–Crippen LogP) is 2.85. The van der Waals surface area contributed by atoms with E-state index >= 15 is 0 Å². The predicted molar refractivity (Wildman–Crippen MR) is 76.4 cm³/mol. The van der Waals surface area contributed by atoms with E-state index in [-0.39, 0.29) is 23.3 Å². The standard InChI is InChI=1S/C14H13ClFN3O/c1-17-13-6-10(11(15)8-18-13)14(20)19-7-9-4-2-3-5-12(9)16/h2-6,8H,7H2,1H3,(H,17,18)(H,19,20). The number of halogens is 2. The van der Waals surface area contributed by atoms with Gasteiger partial charge in [0.2, 0.25) is 0 Å². The van der Waals surface area contributed by atoms with E-state index in [9.17, 15) is 9.18 Å². The quantitative estimate of drug-likeness (QED) is 0.911. The van der Waals surface area contributed by atoms with Crippen molar-refractivity contribution in [2.24, 2.45) is 0 Å². The molecule has 6 heteroatoms. The Morgan fingerprint density at radius 2 is 2.15 bits per heavy atom. The van der Waals surface area contributed by atoms with Crippen LogP contribution < -0.4 is 10.6 Å². The first-order chi connectivity index (χ1) is 9.61. The lowest BCUT2D eigenvalue weighted by molar-refractivity contribution is 0.0950. The zero-order valence-electron chi connectivity index (χ0n) is 10.8. The summed E-state index contributed by atoms with van der Waals surface area (Å²) in [5.74, 6) is -0.202. The Bertz CT molecular complexity index is 634. The van der Waals surface area contributed by atoms with Crippen molar-refractivity contribution in [2.75, 3.05) is 12.4 Å². The molecule has 0 unspecified atom stereocenters. The monoisotopic (exact) mass is 293 g/mol. The van der Waals surface area contributed by atoms with Crippen molar-refractivity contribution in [3.63, 3.8) is 0 Å². The van der Waals surface area contributed by atoms with E-state index in [0.29, 0.717) is 16.9 Å². The van der Waals surface area contributed by atoms with Crippen LogP contribution in [0.1, 0.15) is 15.9 Å². The maximum absolute atomic E-state index is 13.4. The lowest BCUT2D eigenvalue weighted by atomic mass is 10.2. The molecule has 1 aromatic carbocycles. The minimum Gasteiger partial charge on any atom is -0.373 e. The van der Waals surface area contributed by atoms with Gasteiger partial charge in [-0.1, -0.05) is 29.8 Å². The van der Waals surface area contributed by atoms with Gasteiger partial charge in [0.05, 0.1) is 10.6 Å². The second-order valence-corrected chi connectivity index (χ2v) is 4.48. The third-order valence-electron chi connectivity index (χ3n) is 2.75. The van der Waals surface area contributed by atoms with Crippen LogP contribution in [-0.2, 0) is 6.54 Å². The normalized spacial score (nSPS) is 10.2. The molecule has 2 N–H and O–H groups in total. The lowest BCUT2D eigenvalue weighted by Crippen LogP contribution is -2.23. The van der Waals surface area contributed by atoms with Crippen molar-refractivity contribution in [3.8, 4) is 0 Å². The molecule has 2 rings (SSSR count). The van der Waals surface area contributed by atoms with Gasteiger partial charge in [-0.3, -0.25) is 4.79 Å². The van der Waals surface area contributed by atoms with Crippen molar-refractivity contribution in [3.05, 3.63) is 58.5 Å². The molecule has 104 valence electrons. The van der Waals surface area contributed by atoms with Gasteiger partial charge in [-0.05, 0) is 12.1 Å². The molecule has 0 aliphatic heterocycles. The molecule has 20 heavy (non-hydrogen) atoms. The molecule has 0 radical (unpaired) electrons. The first-order valence-electron chi connectivity index (χ1n) is 5.96. The fourth-order valence-corrected chi connectivity index (χ4v) is 1.85. The SMILES string of the molecule is CNc1cc(C(=O)NCc2ccccc2F)c(Cl)cn1. The second kappa shape index (κ2) is 6.34. The molecule has 2 aromatic rings. The van der Waals surface area contributed by atoms with Crippen LogP contribution in [0.15, 0.2) is 36.5 Å². The van der Waals surface area contributed by atoms with Crippen molar-refractivity contribution in [1.82, 2.24) is 10.3 Å². The summed E-state index contributed by atoms with van der Waals surface area (Å²) < 4.78 is 13.4. The van der Waals surface area contributed by atoms with E-state index in [0.717, 1.165) is 0 Å². The fourth-order valence-electron chi connectivity index (χ4n) is 1.66. The second-order valence-electron chi connectivity index (χ2n) is 4.07. The van der Waals surface area contributed by atoms with Gasteiger partial charge in [0.15, 0.2) is 0 Å². The fraction of sp³-hybridized carbons (Fsp3) is 0.143. The summed E-state index contributed by atoms with van der Waals surface area (Å²) in [5.41, 5.74) is 0.710. The summed E-state index contributed by atoms with van der Waals surface area (Å²) in [6.07, 6.45) is 1.39. The highest BCUT2D eigenvalue weighted by Crippen LogP contribution is 2.18. The van der Waals surface area contributed by atoms with Gasteiger partial charge < -0.3 is 10.6 Å². The van der Waals surface area contributed by atoms with Crippen LogP contribution >= 0.6 is 11.6 Å². The number of benzene rings is 1. The van der Waals surface area contributed by atoms with E-state index in [2.05, 4.69) is 15.6 Å². The number of carbonyl (C=O) groups excluding carboxylic acids is 1. The molecule has 0 bridgehead atoms. The maximum Gasteiger partial charge on any atom is 0.253 e. The summed E-state index contributed by atoms with van der Waals surface area (Å²) in [6.45, 7) is 0.0963. The summed E-state index contributed by atoms with van der Waals surface area (Å²) >= 11 is 5.94. The Morgan fingerprint density at radius 3 is 2.85 bits per heavy atom. The van der Waals surface area contributed by atoms with E-state index < -0.39 is 0 Å². The molecule has 0 spiro atoms. The third kappa shape index (κ3) is 3.24. The van der Waals surface area contributed by atoms with E-state index in [1.54, 1.807) is 31.3 Å². The third-order valence-corrected chi connectivity index (χ3v) is 3.05. The maximum atomic E-state index is 13.4. The molecular weight excluding hydrogens is 281 g/mol. The van der Waals surface area contributed by atoms with Gasteiger partial charge in [-0.15, -0.1) is 0 Å². The Morgan fingerprint density at radius 1 is 1.40 bits per heavy atom. The molecule has 1 aromatic heterocycles. The van der Waals surface area contributed by atoms with E-state index in [1.165, 1.54) is 12.3 Å². The van der Waals surface area contributed by atoms with Crippen molar-refractivity contribution < 1.29 is 9.18 Å². The summed E-state index contributed by atoms with van der Waals surface area (Å²) in [5, 5.41) is 5.70. The molecule has 0 atom stereocenters. The Hall–Kier alpha value is -2.14. The highest BCUT2D eigenvalue weighted by molar-refractivity contribution is 6.33. The largest absolute Gasteiger partial charge is 0.373 e. The van der Waals surface area contributed by atoms with Gasteiger partial charge in [0.25, 0.3) is 5.91 Å². The van der Waals surface area contributed by atoms with Crippen molar-refractivity contribution in [1.29, 1.82) is 0 Å². The minimum atomic E-state index is -0.378. The number of rotatable bonds is 4. The van der Waals surface area contributed by atoms with Gasteiger partial charge in [-0.25, -0.2) is 9.37 Å². The molecule has 0 aliphatic rings. The zero-order chi connectivity index (χ0) is 14.5. The van der Waals surface area contributed by atoms with Gasteiger partial charge in [0.1, 0.15) is 11.6 Å². The summed E-state index contributed by atoms with van der Waals surface area (Å²) in [7, 11) is 1.69. The topological polar surface area (TPSA) is 54.0 Å². The smallest absolute Gasteiger partial charge is 0.253 e. The first-order valence-corrected chi connectivity index (χ1v) is 6.34. The molecule has 1 heterocycles. The molecular formula is C14H13ClFN3O. The first kappa shape index (κ1) is 14.3. The van der Waals surface area contributed by atoms with Gasteiger partial charge >= 0.3 is 0 Å². The van der Waals surface area contributed by atoms with Crippen LogP contribution in [0.5, 0.6) is 0 Å². The Balaban J connectivity index is 2.11. The number of aromatic nitrogens is 1. The average molecular weight is 294 g/mol. The zero-order valence-corrected chi connectivity index (χ0v) is 11.5. The minimum absolute atomic E-state index is 0.0963. The molecule has 0 aliphatic carbocycles. The molecule has 0 saturated carbocycles. The van der Waals surface area contributed by atoms with Crippen LogP contribution in [0.25, 0.3) is 0 Å². The number of hydrogen-bond acceptors (Lipinski definition) is 3. The van der Waals surface area contributed by atoms with E-state index in [1.807, 2.05) is 0 Å². The van der Waals surface area contributed by atoms with Crippen LogP contribution in [0, 0.1) is 5.82 Å². The number of amides is 1. The molecule has 4 nitrogen and oxygen atoms in total. The average Bonchev–Trinajstić information content (AvgIpc) is 2.46. The van der Waals surface area contributed by atoms with Crippen molar-refractivity contribution in [2.45, 2.75) is 6.54 Å². The number of nitrogens with one attached hydrogen (secondary N) is 2. The highest BCUT2D eigenvalue weighted by Gasteiger charge is 2.12. The Labute approximate surface area is 121 Å².